The predicted octanol–water partition coefficient (Wildman–Crippen LogP) is 14.5. The molecule has 0 saturated carbocycles. The highest BCUT2D eigenvalue weighted by molar-refractivity contribution is 6.10. The minimum Gasteiger partial charge on any atom is -0.461 e. The van der Waals surface area contributed by atoms with Gasteiger partial charge in [-0.05, 0) is 122 Å². The van der Waals surface area contributed by atoms with Crippen molar-refractivity contribution < 1.29 is 14.3 Å². The molecule has 7 aromatic carbocycles. The summed E-state index contributed by atoms with van der Waals surface area (Å²) in [6.07, 6.45) is 15.6. The zero-order valence-corrected chi connectivity index (χ0v) is 51.4. The number of nitrogens with one attached hydrogen (secondary N) is 4. The molecule has 0 aromatic heterocycles. The molecule has 1 amide bonds. The van der Waals surface area contributed by atoms with Gasteiger partial charge in [0.05, 0.1) is 12.5 Å². The van der Waals surface area contributed by atoms with E-state index in [2.05, 4.69) is 160 Å². The first-order chi connectivity index (χ1) is 40.8. The molecule has 0 fully saturated rings. The van der Waals surface area contributed by atoms with Crippen LogP contribution in [0.3, 0.4) is 0 Å². The highest BCUT2D eigenvalue weighted by Crippen LogP contribution is 2.48. The minimum absolute atomic E-state index is 0.0148. The number of carbonyl (C=O) groups is 2. The number of amides is 1. The van der Waals surface area contributed by atoms with Crippen molar-refractivity contribution in [2.24, 2.45) is 0 Å². The summed E-state index contributed by atoms with van der Waals surface area (Å²) in [5, 5.41) is 17.8. The van der Waals surface area contributed by atoms with E-state index in [1.165, 1.54) is 51.5 Å². The van der Waals surface area contributed by atoms with Crippen LogP contribution in [0.5, 0.6) is 0 Å². The molecule has 0 spiro atoms. The number of hydrogen-bond donors (Lipinski definition) is 8. The average molecular weight is 1140 g/mol. The molecule has 85 heavy (non-hydrogen) atoms. The SMILES string of the molecule is CCC.CN1/C(=C/C=C2\CCCC(/C=C/C3N(C)c4ccccc4C3(C)C)=C2NCCCCNC(=O)CCC(=O)OCC2(C)Nc3cccc4c(N)ccc(c34)N2)C(C)(C)c2ccccc21.Nc1ccc(N)c2ccccc12.Nc1ccccc1. The van der Waals surface area contributed by atoms with E-state index in [1.807, 2.05) is 104 Å². The maximum absolute atomic E-state index is 12.8. The Bertz CT molecular complexity index is 3550. The summed E-state index contributed by atoms with van der Waals surface area (Å²) in [5.41, 5.74) is 37.7. The van der Waals surface area contributed by atoms with Crippen molar-refractivity contribution in [3.8, 4) is 0 Å². The number of nitrogen functional groups attached to an aromatic ring is 4. The molecule has 12 N–H and O–H groups in total. The molecule has 2 unspecified atom stereocenters. The number of likely N-dealkylation sites (N-methyl/N-ethyl adjacent to an activating group) is 2. The average Bonchev–Trinajstić information content (AvgIpc) is 2.05. The van der Waals surface area contributed by atoms with E-state index in [0.29, 0.717) is 12.2 Å². The number of nitrogens with zero attached hydrogens (tertiary/aromatic N) is 2. The second-order valence-electron chi connectivity index (χ2n) is 23.9. The van der Waals surface area contributed by atoms with E-state index < -0.39 is 11.6 Å². The van der Waals surface area contributed by atoms with E-state index in [4.69, 9.17) is 27.7 Å². The Morgan fingerprint density at radius 2 is 1.22 bits per heavy atom. The Hall–Kier alpha value is -8.84. The number of fused-ring (bicyclic) bond motifs is 3. The molecule has 446 valence electrons. The Morgan fingerprint density at radius 1 is 0.647 bits per heavy atom. The van der Waals surface area contributed by atoms with Crippen LogP contribution >= 0.6 is 0 Å². The lowest BCUT2D eigenvalue weighted by molar-refractivity contribution is -0.146. The molecule has 3 heterocycles. The van der Waals surface area contributed by atoms with Crippen molar-refractivity contribution in [2.75, 3.05) is 77.2 Å². The Morgan fingerprint density at radius 3 is 1.87 bits per heavy atom. The van der Waals surface area contributed by atoms with Gasteiger partial charge < -0.3 is 58.7 Å². The number of esters is 1. The summed E-state index contributed by atoms with van der Waals surface area (Å²) in [6.45, 7) is 17.0. The quantitative estimate of drug-likeness (QED) is 0.0291. The van der Waals surface area contributed by atoms with Crippen LogP contribution in [0.4, 0.5) is 45.5 Å². The number of nitrogens with two attached hydrogens (primary N) is 4. The zero-order valence-electron chi connectivity index (χ0n) is 51.4. The molecule has 2 atom stereocenters. The molecule has 13 heteroatoms. The molecule has 7 aromatic rings. The van der Waals surface area contributed by atoms with Gasteiger partial charge in [-0.3, -0.25) is 9.59 Å². The van der Waals surface area contributed by atoms with Crippen LogP contribution in [-0.4, -0.2) is 57.4 Å². The highest BCUT2D eigenvalue weighted by Gasteiger charge is 2.42. The summed E-state index contributed by atoms with van der Waals surface area (Å²) in [7, 11) is 4.39. The molecule has 4 aliphatic rings. The van der Waals surface area contributed by atoms with Gasteiger partial charge in [0.2, 0.25) is 5.91 Å². The Kier molecular flexibility index (Phi) is 20.3. The van der Waals surface area contributed by atoms with E-state index in [1.54, 1.807) is 0 Å². The van der Waals surface area contributed by atoms with Gasteiger partial charge >= 0.3 is 5.97 Å². The lowest BCUT2D eigenvalue weighted by Gasteiger charge is -2.38. The number of carbonyl (C=O) groups excluding carboxylic acids is 2. The van der Waals surface area contributed by atoms with Crippen LogP contribution in [0.15, 0.2) is 192 Å². The second-order valence-corrected chi connectivity index (χ2v) is 23.9. The standard InChI is InChI=1S/C53H65N7O3.C10H10N2.C6H7N.C3H8/c1-51(2)38-19-8-10-22-43(38)59(6)45(51)28-24-35-16-14-17-36(25-29-46-52(3,4)39-20-9-11-23-44(39)60(46)7)50(35)56-33-13-12-32-55-47(61)30-31-48(62)63-34-53(5)57-41-21-15-18-37-40(54)26-27-42(58-53)49(37)41;11-9-5-6-10(12)8-4-2-1-3-7(8)9;7-6-4-2-1-3-5-6;1-3-2/h8-11,15,18-29,45,56-58H,12-14,16-17,30-34,54H2,1-7H3,(H,55,61);1-6H,11-12H2;1-5H,7H2;3H2,1-2H3/b28-24+,36-25+,46-29+;;;. The highest BCUT2D eigenvalue weighted by atomic mass is 16.5. The smallest absolute Gasteiger partial charge is 0.306 e. The van der Waals surface area contributed by atoms with Crippen LogP contribution in [0.25, 0.3) is 21.5 Å². The summed E-state index contributed by atoms with van der Waals surface area (Å²) < 4.78 is 5.66. The van der Waals surface area contributed by atoms with Crippen molar-refractivity contribution >= 4 is 78.9 Å². The predicted molar refractivity (Wildman–Crippen MR) is 360 cm³/mol. The van der Waals surface area contributed by atoms with Gasteiger partial charge in [-0.2, -0.15) is 0 Å². The second kappa shape index (κ2) is 27.7. The van der Waals surface area contributed by atoms with Gasteiger partial charge in [0, 0.05) is 123 Å². The number of para-hydroxylation sites is 3. The third kappa shape index (κ3) is 14.6. The molecule has 0 radical (unpaired) electrons. The van der Waals surface area contributed by atoms with Crippen molar-refractivity contribution in [1.29, 1.82) is 0 Å². The van der Waals surface area contributed by atoms with E-state index in [-0.39, 0.29) is 42.2 Å². The van der Waals surface area contributed by atoms with Crippen molar-refractivity contribution in [1.82, 2.24) is 10.6 Å². The number of ether oxygens (including phenoxy) is 1. The lowest BCUT2D eigenvalue weighted by Crippen LogP contribution is -2.49. The number of rotatable bonds is 14. The zero-order chi connectivity index (χ0) is 60.9. The molecule has 0 bridgehead atoms. The largest absolute Gasteiger partial charge is 0.461 e. The Labute approximate surface area is 504 Å². The van der Waals surface area contributed by atoms with E-state index in [0.717, 1.165) is 88.6 Å². The fourth-order valence-corrected chi connectivity index (χ4v) is 12.1. The maximum Gasteiger partial charge on any atom is 0.306 e. The fraction of sp³-hybridized carbons (Fsp3) is 0.333. The molecule has 11 rings (SSSR count). The monoisotopic (exact) mass is 1140 g/mol. The van der Waals surface area contributed by atoms with Gasteiger partial charge in [0.1, 0.15) is 12.3 Å². The van der Waals surface area contributed by atoms with Gasteiger partial charge in [-0.25, -0.2) is 0 Å². The number of benzene rings is 7. The number of unbranched alkanes of at least 4 members (excludes halogenated alkanes) is 1. The first-order valence-corrected chi connectivity index (χ1v) is 30.1. The number of allylic oxidation sites excluding steroid dienone is 6. The van der Waals surface area contributed by atoms with Gasteiger partial charge in [-0.15, -0.1) is 0 Å². The first-order valence-electron chi connectivity index (χ1n) is 30.1. The molecule has 3 aliphatic heterocycles. The van der Waals surface area contributed by atoms with Crippen molar-refractivity contribution in [3.05, 3.63) is 204 Å². The minimum atomic E-state index is -0.714. The number of hydrogen-bond acceptors (Lipinski definition) is 12. The van der Waals surface area contributed by atoms with E-state index in [9.17, 15) is 9.59 Å². The summed E-state index contributed by atoms with van der Waals surface area (Å²) in [5.74, 6) is -0.561. The third-order valence-corrected chi connectivity index (χ3v) is 16.5. The van der Waals surface area contributed by atoms with Gasteiger partial charge in [0.25, 0.3) is 0 Å². The van der Waals surface area contributed by atoms with Crippen LogP contribution in [0.2, 0.25) is 0 Å². The fourth-order valence-electron chi connectivity index (χ4n) is 12.1. The normalized spacial score (nSPS) is 18.7. The maximum atomic E-state index is 12.8. The number of anilines is 8. The van der Waals surface area contributed by atoms with Gasteiger partial charge in [0.15, 0.2) is 0 Å². The van der Waals surface area contributed by atoms with Crippen LogP contribution < -0.4 is 54.0 Å². The third-order valence-electron chi connectivity index (χ3n) is 16.5. The molecule has 1 aliphatic carbocycles. The van der Waals surface area contributed by atoms with Crippen molar-refractivity contribution in [2.45, 2.75) is 122 Å². The first kappa shape index (κ1) is 62.2. The van der Waals surface area contributed by atoms with Crippen LogP contribution in [0, 0.1) is 0 Å². The van der Waals surface area contributed by atoms with Crippen LogP contribution in [-0.2, 0) is 25.2 Å². The topological polar surface area (TPSA) is 202 Å². The molecular weight excluding hydrogens is 1050 g/mol. The summed E-state index contributed by atoms with van der Waals surface area (Å²) in [4.78, 5) is 30.3. The van der Waals surface area contributed by atoms with Gasteiger partial charge in [-0.1, -0.05) is 157 Å². The molecule has 13 nitrogen and oxygen atoms in total. The lowest BCUT2D eigenvalue weighted by atomic mass is 9.80. The van der Waals surface area contributed by atoms with Crippen molar-refractivity contribution in [3.63, 3.8) is 0 Å². The summed E-state index contributed by atoms with van der Waals surface area (Å²) in [6, 6.07) is 48.5. The Balaban J connectivity index is 0.000000355. The molecular formula is C72H90N10O3. The van der Waals surface area contributed by atoms with E-state index >= 15 is 0 Å². The molecule has 0 saturated heterocycles. The summed E-state index contributed by atoms with van der Waals surface area (Å²) >= 11 is 0. The van der Waals surface area contributed by atoms with Crippen LogP contribution in [0.1, 0.15) is 111 Å².